The molecule has 0 saturated carbocycles. The van der Waals surface area contributed by atoms with Crippen molar-refractivity contribution in [2.45, 2.75) is 30.8 Å². The second-order valence-corrected chi connectivity index (χ2v) is 5.69. The third-order valence-corrected chi connectivity index (χ3v) is 4.11. The van der Waals surface area contributed by atoms with Crippen molar-refractivity contribution >= 4 is 5.91 Å². The number of amides is 1. The molecule has 1 amide bonds. The number of nitrogens with zero attached hydrogens (tertiary/aromatic N) is 3. The summed E-state index contributed by atoms with van der Waals surface area (Å²) in [6.07, 6.45) is 1.96. The normalized spacial score (nSPS) is 27.2. The molecule has 0 radical (unpaired) electrons. The number of aromatic nitrogens is 2. The van der Waals surface area contributed by atoms with Crippen LogP contribution in [0.5, 0.6) is 0 Å². The Morgan fingerprint density at radius 2 is 2.14 bits per heavy atom. The molecule has 2 aliphatic heterocycles. The lowest BCUT2D eigenvalue weighted by atomic mass is 10.0. The first-order valence-corrected chi connectivity index (χ1v) is 7.15. The van der Waals surface area contributed by atoms with E-state index in [0.29, 0.717) is 32.1 Å². The van der Waals surface area contributed by atoms with Crippen LogP contribution in [-0.2, 0) is 4.74 Å². The van der Waals surface area contributed by atoms with E-state index in [-0.39, 0.29) is 25.0 Å². The number of likely N-dealkylation sites (tertiary alicyclic amines) is 1. The van der Waals surface area contributed by atoms with Crippen molar-refractivity contribution in [3.63, 3.8) is 0 Å². The van der Waals surface area contributed by atoms with Gasteiger partial charge in [0.1, 0.15) is 5.60 Å². The molecule has 0 bridgehead atoms. The summed E-state index contributed by atoms with van der Waals surface area (Å²) in [6, 6.07) is 0. The maximum Gasteiger partial charge on any atom is 0.311 e. The van der Waals surface area contributed by atoms with Gasteiger partial charge in [0.25, 0.3) is 0 Å². The maximum atomic E-state index is 12.3. The quantitative estimate of drug-likeness (QED) is 0.776. The molecule has 21 heavy (non-hydrogen) atoms. The van der Waals surface area contributed by atoms with Crippen LogP contribution in [0, 0.1) is 0 Å². The lowest BCUT2D eigenvalue weighted by Crippen LogP contribution is -2.38. The Morgan fingerprint density at radius 3 is 2.81 bits per heavy atom. The van der Waals surface area contributed by atoms with Crippen LogP contribution in [0.4, 0.5) is 0 Å². The molecule has 1 unspecified atom stereocenters. The zero-order valence-electron chi connectivity index (χ0n) is 11.7. The van der Waals surface area contributed by atoms with E-state index in [2.05, 4.69) is 10.2 Å². The predicted octanol–water partition coefficient (Wildman–Crippen LogP) is -0.467. The molecule has 2 fully saturated rings. The van der Waals surface area contributed by atoms with Gasteiger partial charge in [-0.15, -0.1) is 10.2 Å². The molecule has 2 aliphatic rings. The molecule has 0 aromatic carbocycles. The van der Waals surface area contributed by atoms with E-state index in [1.54, 1.807) is 0 Å². The van der Waals surface area contributed by atoms with Gasteiger partial charge in [-0.25, -0.2) is 0 Å². The van der Waals surface area contributed by atoms with Gasteiger partial charge >= 0.3 is 11.8 Å². The third kappa shape index (κ3) is 2.92. The van der Waals surface area contributed by atoms with E-state index >= 15 is 0 Å². The lowest BCUT2D eigenvalue weighted by molar-refractivity contribution is -0.00488. The first-order valence-electron chi connectivity index (χ1n) is 7.15. The third-order valence-electron chi connectivity index (χ3n) is 4.11. The van der Waals surface area contributed by atoms with Gasteiger partial charge in [-0.2, -0.15) is 0 Å². The number of rotatable bonds is 3. The van der Waals surface area contributed by atoms with Crippen LogP contribution in [0.15, 0.2) is 4.42 Å². The Kier molecular flexibility index (Phi) is 3.92. The minimum Gasteiger partial charge on any atom is -0.417 e. The summed E-state index contributed by atoms with van der Waals surface area (Å²) in [7, 11) is 0. The van der Waals surface area contributed by atoms with Gasteiger partial charge in [-0.05, 0) is 19.3 Å². The van der Waals surface area contributed by atoms with Crippen LogP contribution >= 0.6 is 0 Å². The molecule has 3 rings (SSSR count). The van der Waals surface area contributed by atoms with Crippen LogP contribution in [-0.4, -0.2) is 69.7 Å². The highest BCUT2D eigenvalue weighted by Crippen LogP contribution is 2.27. The van der Waals surface area contributed by atoms with Crippen molar-refractivity contribution in [2.75, 3.05) is 32.9 Å². The van der Waals surface area contributed by atoms with E-state index in [4.69, 9.17) is 14.3 Å². The van der Waals surface area contributed by atoms with Crippen LogP contribution in [0.3, 0.4) is 0 Å². The standard InChI is InChI=1S/C13H19N3O5/c17-8-13(19)3-4-16(7-13)12(18)11-15-14-10(21-11)9-1-5-20-6-2-9/h9,17,19H,1-8H2. The van der Waals surface area contributed by atoms with Crippen molar-refractivity contribution in [3.8, 4) is 0 Å². The number of aliphatic hydroxyl groups is 2. The fourth-order valence-electron chi connectivity index (χ4n) is 2.72. The number of carbonyl (C=O) groups is 1. The summed E-state index contributed by atoms with van der Waals surface area (Å²) in [5.74, 6) is 0.155. The molecule has 116 valence electrons. The first-order chi connectivity index (χ1) is 10.1. The minimum atomic E-state index is -1.22. The molecule has 1 aromatic heterocycles. The van der Waals surface area contributed by atoms with Gasteiger partial charge in [0.05, 0.1) is 13.2 Å². The van der Waals surface area contributed by atoms with Gasteiger partial charge in [-0.3, -0.25) is 4.79 Å². The summed E-state index contributed by atoms with van der Waals surface area (Å²) in [4.78, 5) is 13.7. The van der Waals surface area contributed by atoms with Gasteiger partial charge in [0, 0.05) is 25.7 Å². The van der Waals surface area contributed by atoms with Crippen LogP contribution in [0.2, 0.25) is 0 Å². The summed E-state index contributed by atoms with van der Waals surface area (Å²) in [6.45, 7) is 1.40. The molecule has 1 aromatic rings. The van der Waals surface area contributed by atoms with Crippen molar-refractivity contribution in [1.29, 1.82) is 0 Å². The molecular weight excluding hydrogens is 278 g/mol. The Balaban J connectivity index is 1.67. The highest BCUT2D eigenvalue weighted by Gasteiger charge is 2.39. The van der Waals surface area contributed by atoms with E-state index in [0.717, 1.165) is 12.8 Å². The summed E-state index contributed by atoms with van der Waals surface area (Å²) in [5.41, 5.74) is -1.22. The van der Waals surface area contributed by atoms with E-state index in [1.165, 1.54) is 4.90 Å². The SMILES string of the molecule is O=C(c1nnc(C2CCOCC2)o1)N1CCC(O)(CO)C1. The van der Waals surface area contributed by atoms with Crippen LogP contribution in [0.1, 0.15) is 41.8 Å². The topological polar surface area (TPSA) is 109 Å². The average molecular weight is 297 g/mol. The van der Waals surface area contributed by atoms with Crippen molar-refractivity contribution in [3.05, 3.63) is 11.8 Å². The Labute approximate surface area is 121 Å². The minimum absolute atomic E-state index is 0.0568. The number of carbonyl (C=O) groups excluding carboxylic acids is 1. The molecule has 3 heterocycles. The molecular formula is C13H19N3O5. The Morgan fingerprint density at radius 1 is 1.38 bits per heavy atom. The van der Waals surface area contributed by atoms with Gasteiger partial charge in [-0.1, -0.05) is 0 Å². The first kappa shape index (κ1) is 14.4. The highest BCUT2D eigenvalue weighted by molar-refractivity contribution is 5.89. The number of ether oxygens (including phenoxy) is 1. The summed E-state index contributed by atoms with van der Waals surface area (Å²) < 4.78 is 10.8. The lowest BCUT2D eigenvalue weighted by Gasteiger charge is -2.20. The molecule has 2 N–H and O–H groups in total. The van der Waals surface area contributed by atoms with Gasteiger partial charge in [0.15, 0.2) is 0 Å². The van der Waals surface area contributed by atoms with E-state index < -0.39 is 11.5 Å². The summed E-state index contributed by atoms with van der Waals surface area (Å²) >= 11 is 0. The zero-order valence-corrected chi connectivity index (χ0v) is 11.7. The zero-order chi connectivity index (χ0) is 14.9. The van der Waals surface area contributed by atoms with Crippen LogP contribution in [0.25, 0.3) is 0 Å². The predicted molar refractivity (Wildman–Crippen MR) is 69.6 cm³/mol. The van der Waals surface area contributed by atoms with Crippen molar-refractivity contribution < 1.29 is 24.2 Å². The highest BCUT2D eigenvalue weighted by atomic mass is 16.5. The van der Waals surface area contributed by atoms with E-state index in [9.17, 15) is 9.90 Å². The Hall–Kier alpha value is -1.51. The second-order valence-electron chi connectivity index (χ2n) is 5.69. The molecule has 1 atom stereocenters. The number of β-amino-alcohol motifs (C(OH)–C–C–N with tert-alkyl or cyclic N) is 1. The molecule has 8 nitrogen and oxygen atoms in total. The Bertz CT molecular complexity index is 514. The smallest absolute Gasteiger partial charge is 0.311 e. The molecule has 2 saturated heterocycles. The molecule has 0 spiro atoms. The van der Waals surface area contributed by atoms with Crippen LogP contribution < -0.4 is 0 Å². The largest absolute Gasteiger partial charge is 0.417 e. The van der Waals surface area contributed by atoms with E-state index in [1.807, 2.05) is 0 Å². The summed E-state index contributed by atoms with van der Waals surface area (Å²) in [5, 5.41) is 26.8. The monoisotopic (exact) mass is 297 g/mol. The number of hydrogen-bond donors (Lipinski definition) is 2. The molecule has 8 heteroatoms. The van der Waals surface area contributed by atoms with Crippen molar-refractivity contribution in [2.24, 2.45) is 0 Å². The second kappa shape index (κ2) is 5.70. The number of hydrogen-bond acceptors (Lipinski definition) is 7. The fourth-order valence-corrected chi connectivity index (χ4v) is 2.72. The molecule has 0 aliphatic carbocycles. The van der Waals surface area contributed by atoms with Gasteiger partial charge in [0.2, 0.25) is 5.89 Å². The average Bonchev–Trinajstić information content (AvgIpc) is 3.15. The maximum absolute atomic E-state index is 12.3. The van der Waals surface area contributed by atoms with Gasteiger partial charge < -0.3 is 24.3 Å². The number of aliphatic hydroxyl groups excluding tert-OH is 1. The van der Waals surface area contributed by atoms with Crippen molar-refractivity contribution in [1.82, 2.24) is 15.1 Å². The fraction of sp³-hybridized carbons (Fsp3) is 0.769.